The van der Waals surface area contributed by atoms with Crippen molar-refractivity contribution in [1.29, 1.82) is 0 Å². The number of nitrogens with one attached hydrogen (secondary N) is 1. The fraction of sp³-hybridized carbons (Fsp3) is 0.300. The Kier molecular flexibility index (Phi) is 4.41. The Bertz CT molecular complexity index is 895. The molecule has 1 aliphatic carbocycles. The summed E-state index contributed by atoms with van der Waals surface area (Å²) in [7, 11) is 0. The van der Waals surface area contributed by atoms with Crippen LogP contribution in [0.1, 0.15) is 34.3 Å². The van der Waals surface area contributed by atoms with Crippen LogP contribution < -0.4 is 5.32 Å². The van der Waals surface area contributed by atoms with E-state index in [9.17, 15) is 14.0 Å². The summed E-state index contributed by atoms with van der Waals surface area (Å²) >= 11 is 5.95. The summed E-state index contributed by atoms with van der Waals surface area (Å²) in [5, 5.41) is 2.87. The van der Waals surface area contributed by atoms with Gasteiger partial charge in [-0.1, -0.05) is 17.7 Å². The smallest absolute Gasteiger partial charge is 0.257 e. The lowest BCUT2D eigenvalue weighted by Crippen LogP contribution is -2.36. The number of amides is 2. The number of carbonyl (C=O) groups is 2. The van der Waals surface area contributed by atoms with Crippen LogP contribution in [-0.2, 0) is 17.8 Å². The highest BCUT2D eigenvalue weighted by Gasteiger charge is 2.34. The second-order valence-electron chi connectivity index (χ2n) is 6.85. The van der Waals surface area contributed by atoms with Crippen molar-refractivity contribution in [3.8, 4) is 0 Å². The minimum atomic E-state index is -0.485. The van der Waals surface area contributed by atoms with Crippen LogP contribution in [0.25, 0.3) is 0 Å². The summed E-state index contributed by atoms with van der Waals surface area (Å²) in [6.07, 6.45) is 2.82. The first-order valence-electron chi connectivity index (χ1n) is 8.68. The van der Waals surface area contributed by atoms with Crippen molar-refractivity contribution in [2.24, 2.45) is 5.92 Å². The molecule has 0 unspecified atom stereocenters. The molecular formula is C20H18ClFN2O2. The molecule has 2 aromatic rings. The molecular weight excluding hydrogens is 355 g/mol. The van der Waals surface area contributed by atoms with Gasteiger partial charge in [0.05, 0.1) is 10.6 Å². The quantitative estimate of drug-likeness (QED) is 0.884. The van der Waals surface area contributed by atoms with E-state index in [4.69, 9.17) is 11.6 Å². The first kappa shape index (κ1) is 17.0. The van der Waals surface area contributed by atoms with E-state index in [-0.39, 0.29) is 22.4 Å². The van der Waals surface area contributed by atoms with Gasteiger partial charge < -0.3 is 10.2 Å². The van der Waals surface area contributed by atoms with Crippen LogP contribution in [0.5, 0.6) is 0 Å². The molecule has 6 heteroatoms. The summed E-state index contributed by atoms with van der Waals surface area (Å²) < 4.78 is 13.1. The number of anilines is 1. The Morgan fingerprint density at radius 3 is 2.65 bits per heavy atom. The van der Waals surface area contributed by atoms with Gasteiger partial charge in [-0.15, -0.1) is 0 Å². The lowest BCUT2D eigenvalue weighted by molar-refractivity contribution is -0.133. The lowest BCUT2D eigenvalue weighted by Gasteiger charge is -2.29. The van der Waals surface area contributed by atoms with E-state index >= 15 is 0 Å². The van der Waals surface area contributed by atoms with Gasteiger partial charge in [-0.05, 0) is 60.7 Å². The molecule has 0 radical (unpaired) electrons. The van der Waals surface area contributed by atoms with E-state index in [0.717, 1.165) is 37.4 Å². The maximum Gasteiger partial charge on any atom is 0.257 e. The first-order chi connectivity index (χ1) is 12.5. The highest BCUT2D eigenvalue weighted by Crippen LogP contribution is 2.33. The van der Waals surface area contributed by atoms with Crippen molar-refractivity contribution in [2.45, 2.75) is 25.8 Å². The SMILES string of the molecule is O=C(Nc1ccc2c(c1)CN(C(=O)C1CC1)CC2)c1ccc(F)cc1Cl. The Morgan fingerprint density at radius 1 is 1.12 bits per heavy atom. The fourth-order valence-electron chi connectivity index (χ4n) is 3.28. The summed E-state index contributed by atoms with van der Waals surface area (Å²) in [5.41, 5.74) is 3.10. The van der Waals surface area contributed by atoms with Crippen LogP contribution >= 0.6 is 11.6 Å². The molecule has 0 saturated heterocycles. The van der Waals surface area contributed by atoms with Gasteiger partial charge in [0.2, 0.25) is 5.91 Å². The number of hydrogen-bond donors (Lipinski definition) is 1. The van der Waals surface area contributed by atoms with Crippen molar-refractivity contribution < 1.29 is 14.0 Å². The Balaban J connectivity index is 1.51. The van der Waals surface area contributed by atoms with Gasteiger partial charge in [0.15, 0.2) is 0 Å². The third kappa shape index (κ3) is 3.44. The number of hydrogen-bond acceptors (Lipinski definition) is 2. The monoisotopic (exact) mass is 372 g/mol. The molecule has 4 nitrogen and oxygen atoms in total. The molecule has 134 valence electrons. The molecule has 1 saturated carbocycles. The predicted octanol–water partition coefficient (Wildman–Crippen LogP) is 4.03. The zero-order chi connectivity index (χ0) is 18.3. The van der Waals surface area contributed by atoms with Crippen LogP contribution in [0.2, 0.25) is 5.02 Å². The van der Waals surface area contributed by atoms with E-state index in [1.807, 2.05) is 23.1 Å². The van der Waals surface area contributed by atoms with E-state index in [2.05, 4.69) is 5.32 Å². The lowest BCUT2D eigenvalue weighted by atomic mass is 9.98. The minimum absolute atomic E-state index is 0.0710. The van der Waals surface area contributed by atoms with Gasteiger partial charge in [-0.2, -0.15) is 0 Å². The Hall–Kier alpha value is -2.40. The highest BCUT2D eigenvalue weighted by atomic mass is 35.5. The summed E-state index contributed by atoms with van der Waals surface area (Å²) in [6.45, 7) is 1.32. The number of nitrogens with zero attached hydrogens (tertiary/aromatic N) is 1. The van der Waals surface area contributed by atoms with E-state index in [1.54, 1.807) is 0 Å². The largest absolute Gasteiger partial charge is 0.338 e. The molecule has 0 aromatic heterocycles. The molecule has 26 heavy (non-hydrogen) atoms. The van der Waals surface area contributed by atoms with Crippen molar-refractivity contribution in [1.82, 2.24) is 4.90 Å². The summed E-state index contributed by atoms with van der Waals surface area (Å²) in [6, 6.07) is 9.40. The maximum absolute atomic E-state index is 13.1. The summed E-state index contributed by atoms with van der Waals surface area (Å²) in [5.74, 6) is -0.430. The van der Waals surface area contributed by atoms with Gasteiger partial charge in [0.1, 0.15) is 5.82 Å². The predicted molar refractivity (Wildman–Crippen MR) is 97.7 cm³/mol. The third-order valence-corrected chi connectivity index (χ3v) is 5.20. The number of benzene rings is 2. The van der Waals surface area contributed by atoms with Crippen molar-refractivity contribution in [3.05, 3.63) is 63.9 Å². The molecule has 0 atom stereocenters. The minimum Gasteiger partial charge on any atom is -0.338 e. The fourth-order valence-corrected chi connectivity index (χ4v) is 3.54. The molecule has 0 bridgehead atoms. The van der Waals surface area contributed by atoms with Gasteiger partial charge in [0.25, 0.3) is 5.91 Å². The van der Waals surface area contributed by atoms with Crippen molar-refractivity contribution in [2.75, 3.05) is 11.9 Å². The Labute approximate surface area is 155 Å². The van der Waals surface area contributed by atoms with Crippen molar-refractivity contribution >= 4 is 29.1 Å². The second-order valence-corrected chi connectivity index (χ2v) is 7.25. The standard InChI is InChI=1S/C20H18ClFN2O2/c21-18-10-15(22)4-6-17(18)19(25)23-16-5-3-12-7-8-24(11-14(12)9-16)20(26)13-1-2-13/h3-6,9-10,13H,1-2,7-8,11H2,(H,23,25). The number of fused-ring (bicyclic) bond motifs is 1. The molecule has 1 N–H and O–H groups in total. The molecule has 1 aliphatic heterocycles. The zero-order valence-electron chi connectivity index (χ0n) is 14.1. The third-order valence-electron chi connectivity index (χ3n) is 4.89. The average Bonchev–Trinajstić information content (AvgIpc) is 3.45. The van der Waals surface area contributed by atoms with E-state index < -0.39 is 11.7 Å². The van der Waals surface area contributed by atoms with Gasteiger partial charge >= 0.3 is 0 Å². The van der Waals surface area contributed by atoms with Crippen LogP contribution in [0, 0.1) is 11.7 Å². The van der Waals surface area contributed by atoms with Gasteiger partial charge in [0, 0.05) is 24.7 Å². The number of rotatable bonds is 3. The van der Waals surface area contributed by atoms with Crippen molar-refractivity contribution in [3.63, 3.8) is 0 Å². The van der Waals surface area contributed by atoms with Gasteiger partial charge in [-0.25, -0.2) is 4.39 Å². The normalized spacial score (nSPS) is 16.2. The zero-order valence-corrected chi connectivity index (χ0v) is 14.9. The van der Waals surface area contributed by atoms with Crippen LogP contribution in [-0.4, -0.2) is 23.3 Å². The number of halogens is 2. The molecule has 2 aliphatic rings. The number of carbonyl (C=O) groups excluding carboxylic acids is 2. The van der Waals surface area contributed by atoms with Gasteiger partial charge in [-0.3, -0.25) is 9.59 Å². The van der Waals surface area contributed by atoms with E-state index in [0.29, 0.717) is 12.2 Å². The van der Waals surface area contributed by atoms with Crippen LogP contribution in [0.15, 0.2) is 36.4 Å². The Morgan fingerprint density at radius 2 is 1.92 bits per heavy atom. The molecule has 2 amide bonds. The average molecular weight is 373 g/mol. The first-order valence-corrected chi connectivity index (χ1v) is 9.06. The topological polar surface area (TPSA) is 49.4 Å². The second kappa shape index (κ2) is 6.72. The molecule has 1 fully saturated rings. The molecule has 0 spiro atoms. The maximum atomic E-state index is 13.1. The summed E-state index contributed by atoms with van der Waals surface area (Å²) in [4.78, 5) is 26.6. The molecule has 2 aromatic carbocycles. The highest BCUT2D eigenvalue weighted by molar-refractivity contribution is 6.34. The van der Waals surface area contributed by atoms with E-state index in [1.165, 1.54) is 17.7 Å². The van der Waals surface area contributed by atoms with Crippen LogP contribution in [0.4, 0.5) is 10.1 Å². The molecule has 1 heterocycles. The molecule has 4 rings (SSSR count). The van der Waals surface area contributed by atoms with Crippen LogP contribution in [0.3, 0.4) is 0 Å².